The number of phenolic OH excluding ortho intramolecular Hbond substituents is 1. The third-order valence-corrected chi connectivity index (χ3v) is 7.19. The van der Waals surface area contributed by atoms with Crippen molar-refractivity contribution in [2.45, 2.75) is 78.7 Å². The van der Waals surface area contributed by atoms with Crippen molar-refractivity contribution in [3.05, 3.63) is 86.0 Å². The van der Waals surface area contributed by atoms with Gasteiger partial charge in [0.1, 0.15) is 12.4 Å². The highest BCUT2D eigenvalue weighted by Gasteiger charge is 2.26. The van der Waals surface area contributed by atoms with Crippen LogP contribution in [0.1, 0.15) is 82.7 Å². The molecule has 0 unspecified atom stereocenters. The van der Waals surface area contributed by atoms with E-state index in [1.54, 1.807) is 6.21 Å². The highest BCUT2D eigenvalue weighted by molar-refractivity contribution is 14.1. The van der Waals surface area contributed by atoms with Crippen molar-refractivity contribution in [2.24, 2.45) is 5.10 Å². The zero-order valence-electron chi connectivity index (χ0n) is 24.6. The van der Waals surface area contributed by atoms with Crippen LogP contribution in [0.4, 0.5) is 0 Å². The number of nitrogens with zero attached hydrogens (tertiary/aromatic N) is 1. The zero-order chi connectivity index (χ0) is 29.5. The maximum Gasteiger partial charge on any atom is 0.240 e. The number of carbonyl (C=O) groups excluding carboxylic acids is 1. The molecule has 40 heavy (non-hydrogen) atoms. The van der Waals surface area contributed by atoms with Gasteiger partial charge in [0.2, 0.25) is 5.91 Å². The van der Waals surface area contributed by atoms with Gasteiger partial charge in [-0.3, -0.25) is 4.79 Å². The molecule has 0 heterocycles. The molecule has 0 aliphatic rings. The molecule has 6 nitrogen and oxygen atoms in total. The van der Waals surface area contributed by atoms with Crippen molar-refractivity contribution in [1.82, 2.24) is 5.43 Å². The number of phenols is 1. The SMILES string of the molecule is CCOc1cc(/C=N\NC(=O)CCc2cc(C(C)(C)C)c(O)c(C(C)(C)C)c2)cc(I)c1OCc1ccccc1. The van der Waals surface area contributed by atoms with Gasteiger partial charge in [-0.2, -0.15) is 5.10 Å². The summed E-state index contributed by atoms with van der Waals surface area (Å²) in [6, 6.07) is 17.8. The number of aromatic hydroxyl groups is 1. The summed E-state index contributed by atoms with van der Waals surface area (Å²) in [4.78, 5) is 12.6. The van der Waals surface area contributed by atoms with Crippen molar-refractivity contribution < 1.29 is 19.4 Å². The van der Waals surface area contributed by atoms with Crippen molar-refractivity contribution in [2.75, 3.05) is 6.61 Å². The van der Waals surface area contributed by atoms with Gasteiger partial charge in [0.15, 0.2) is 11.5 Å². The lowest BCUT2D eigenvalue weighted by Gasteiger charge is -2.28. The smallest absolute Gasteiger partial charge is 0.240 e. The number of hydrogen-bond acceptors (Lipinski definition) is 5. The lowest BCUT2D eigenvalue weighted by molar-refractivity contribution is -0.121. The largest absolute Gasteiger partial charge is 0.507 e. The highest BCUT2D eigenvalue weighted by Crippen LogP contribution is 2.40. The lowest BCUT2D eigenvalue weighted by Crippen LogP contribution is -2.20. The van der Waals surface area contributed by atoms with Crippen molar-refractivity contribution >= 4 is 34.7 Å². The monoisotopic (exact) mass is 656 g/mol. The number of hydrogen-bond donors (Lipinski definition) is 2. The van der Waals surface area contributed by atoms with Gasteiger partial charge in [-0.25, -0.2) is 5.43 Å². The van der Waals surface area contributed by atoms with E-state index in [-0.39, 0.29) is 23.2 Å². The topological polar surface area (TPSA) is 80.2 Å². The first-order valence-electron chi connectivity index (χ1n) is 13.6. The molecule has 0 saturated heterocycles. The minimum absolute atomic E-state index is 0.179. The second kappa shape index (κ2) is 13.5. The lowest BCUT2D eigenvalue weighted by atomic mass is 9.78. The Kier molecular flexibility index (Phi) is 10.6. The van der Waals surface area contributed by atoms with E-state index in [1.807, 2.05) is 61.5 Å². The van der Waals surface area contributed by atoms with E-state index in [2.05, 4.69) is 74.7 Å². The predicted octanol–water partition coefficient (Wildman–Crippen LogP) is 7.65. The summed E-state index contributed by atoms with van der Waals surface area (Å²) in [5.74, 6) is 1.48. The first kappa shape index (κ1) is 31.5. The van der Waals surface area contributed by atoms with Gasteiger partial charge in [0.25, 0.3) is 0 Å². The molecule has 0 radical (unpaired) electrons. The van der Waals surface area contributed by atoms with E-state index < -0.39 is 0 Å². The van der Waals surface area contributed by atoms with Crippen LogP contribution in [0.25, 0.3) is 0 Å². The summed E-state index contributed by atoms with van der Waals surface area (Å²) in [5, 5.41) is 15.1. The number of nitrogens with one attached hydrogen (secondary N) is 1. The van der Waals surface area contributed by atoms with Crippen LogP contribution in [0.2, 0.25) is 0 Å². The Labute approximate surface area is 252 Å². The summed E-state index contributed by atoms with van der Waals surface area (Å²) in [5.41, 5.74) is 6.89. The Morgan fingerprint density at radius 1 is 0.950 bits per heavy atom. The molecule has 0 aliphatic carbocycles. The third-order valence-electron chi connectivity index (χ3n) is 6.39. The minimum atomic E-state index is -0.216. The van der Waals surface area contributed by atoms with Crippen molar-refractivity contribution in [3.63, 3.8) is 0 Å². The van der Waals surface area contributed by atoms with Gasteiger partial charge >= 0.3 is 0 Å². The average Bonchev–Trinajstić information content (AvgIpc) is 2.87. The van der Waals surface area contributed by atoms with Crippen LogP contribution < -0.4 is 14.9 Å². The number of amides is 1. The molecule has 0 saturated carbocycles. The number of halogens is 1. The molecular weight excluding hydrogens is 615 g/mol. The van der Waals surface area contributed by atoms with E-state index in [9.17, 15) is 9.90 Å². The molecule has 0 aliphatic heterocycles. The Bertz CT molecular complexity index is 1300. The van der Waals surface area contributed by atoms with Crippen LogP contribution in [0.3, 0.4) is 0 Å². The maximum atomic E-state index is 12.6. The summed E-state index contributed by atoms with van der Waals surface area (Å²) in [6.45, 7) is 15.4. The van der Waals surface area contributed by atoms with E-state index in [4.69, 9.17) is 9.47 Å². The number of ether oxygens (including phenoxy) is 2. The van der Waals surface area contributed by atoms with Gasteiger partial charge < -0.3 is 14.6 Å². The Hall–Kier alpha value is -3.07. The zero-order valence-corrected chi connectivity index (χ0v) is 26.8. The molecule has 7 heteroatoms. The number of carbonyl (C=O) groups is 1. The molecule has 3 aromatic carbocycles. The van der Waals surface area contributed by atoms with Crippen LogP contribution in [0, 0.1) is 3.57 Å². The molecule has 0 aromatic heterocycles. The molecule has 2 N–H and O–H groups in total. The number of aryl methyl sites for hydroxylation is 1. The van der Waals surface area contributed by atoms with E-state index in [1.165, 1.54) is 0 Å². The number of benzene rings is 3. The van der Waals surface area contributed by atoms with E-state index >= 15 is 0 Å². The Balaban J connectivity index is 1.67. The first-order chi connectivity index (χ1) is 18.8. The van der Waals surface area contributed by atoms with E-state index in [0.29, 0.717) is 36.9 Å². The van der Waals surface area contributed by atoms with Crippen LogP contribution in [-0.2, 0) is 28.7 Å². The molecule has 3 rings (SSSR count). The van der Waals surface area contributed by atoms with Crippen LogP contribution in [-0.4, -0.2) is 23.8 Å². The minimum Gasteiger partial charge on any atom is -0.507 e. The fraction of sp³-hybridized carbons (Fsp3) is 0.394. The molecule has 0 spiro atoms. The summed E-state index contributed by atoms with van der Waals surface area (Å²) < 4.78 is 12.8. The molecule has 0 fully saturated rings. The quantitative estimate of drug-likeness (QED) is 0.134. The molecule has 0 bridgehead atoms. The normalized spacial score (nSPS) is 12.0. The van der Waals surface area contributed by atoms with Crippen molar-refractivity contribution in [1.29, 1.82) is 0 Å². The second-order valence-electron chi connectivity index (χ2n) is 11.9. The van der Waals surface area contributed by atoms with Gasteiger partial charge in [-0.15, -0.1) is 0 Å². The summed E-state index contributed by atoms with van der Waals surface area (Å²) in [6.07, 6.45) is 2.44. The van der Waals surface area contributed by atoms with Gasteiger partial charge in [0, 0.05) is 6.42 Å². The maximum absolute atomic E-state index is 12.6. The highest BCUT2D eigenvalue weighted by atomic mass is 127. The number of rotatable bonds is 10. The number of hydrazone groups is 1. The van der Waals surface area contributed by atoms with Crippen molar-refractivity contribution in [3.8, 4) is 17.2 Å². The standard InChI is InChI=1S/C33H41IN2O4/c1-8-39-28-19-24(18-27(34)31(28)40-21-22-12-10-9-11-13-22)20-35-36-29(37)15-14-23-16-25(32(2,3)4)30(38)26(17-23)33(5,6)7/h9-13,16-20,38H,8,14-15,21H2,1-7H3,(H,36,37)/b35-20-. The molecule has 214 valence electrons. The predicted molar refractivity (Wildman–Crippen MR) is 171 cm³/mol. The molecular formula is C33H41IN2O4. The summed E-state index contributed by atoms with van der Waals surface area (Å²) in [7, 11) is 0. The van der Waals surface area contributed by atoms with Gasteiger partial charge in [0.05, 0.1) is 16.4 Å². The average molecular weight is 657 g/mol. The van der Waals surface area contributed by atoms with Crippen LogP contribution >= 0.6 is 22.6 Å². The fourth-order valence-corrected chi connectivity index (χ4v) is 5.05. The van der Waals surface area contributed by atoms with Gasteiger partial charge in [-0.1, -0.05) is 84.0 Å². The fourth-order valence-electron chi connectivity index (χ4n) is 4.27. The Morgan fingerprint density at radius 2 is 1.57 bits per heavy atom. The van der Waals surface area contributed by atoms with Gasteiger partial charge in [-0.05, 0) is 86.7 Å². The first-order valence-corrected chi connectivity index (χ1v) is 14.7. The van der Waals surface area contributed by atoms with Crippen LogP contribution in [0.15, 0.2) is 59.7 Å². The van der Waals surface area contributed by atoms with E-state index in [0.717, 1.165) is 31.4 Å². The second-order valence-corrected chi connectivity index (χ2v) is 13.0. The Morgan fingerprint density at radius 3 is 2.15 bits per heavy atom. The third kappa shape index (κ3) is 8.71. The molecule has 1 amide bonds. The molecule has 0 atom stereocenters. The van der Waals surface area contributed by atoms with Crippen LogP contribution in [0.5, 0.6) is 17.2 Å². The molecule has 3 aromatic rings. The summed E-state index contributed by atoms with van der Waals surface area (Å²) >= 11 is 2.23.